The zero-order valence-corrected chi connectivity index (χ0v) is 15.7. The van der Waals surface area contributed by atoms with Gasteiger partial charge in [-0.25, -0.2) is 13.2 Å². The summed E-state index contributed by atoms with van der Waals surface area (Å²) >= 11 is 0. The summed E-state index contributed by atoms with van der Waals surface area (Å²) in [5.74, 6) is 0.0607. The molecular formula is C18H16N4O5S. The maximum atomic E-state index is 12.7. The Morgan fingerprint density at radius 1 is 1.18 bits per heavy atom. The van der Waals surface area contributed by atoms with Crippen molar-refractivity contribution in [2.75, 3.05) is 20.2 Å². The third-order valence-corrected chi connectivity index (χ3v) is 6.29. The van der Waals surface area contributed by atoms with Crippen molar-refractivity contribution in [3.8, 4) is 11.5 Å². The van der Waals surface area contributed by atoms with Crippen molar-refractivity contribution in [2.24, 2.45) is 0 Å². The van der Waals surface area contributed by atoms with Crippen LogP contribution in [0.15, 0.2) is 58.1 Å². The van der Waals surface area contributed by atoms with E-state index in [1.165, 1.54) is 35.7 Å². The van der Waals surface area contributed by atoms with Crippen molar-refractivity contribution in [2.45, 2.75) is 10.8 Å². The molecule has 1 aromatic carbocycles. The highest BCUT2D eigenvalue weighted by Crippen LogP contribution is 2.32. The van der Waals surface area contributed by atoms with Crippen molar-refractivity contribution < 1.29 is 22.5 Å². The summed E-state index contributed by atoms with van der Waals surface area (Å²) in [6.07, 6.45) is 1.63. The lowest BCUT2D eigenvalue weighted by atomic mass is 10.0. The second-order valence-corrected chi connectivity index (χ2v) is 8.14. The number of esters is 1. The van der Waals surface area contributed by atoms with Gasteiger partial charge in [-0.2, -0.15) is 9.29 Å². The van der Waals surface area contributed by atoms with Crippen LogP contribution in [0.4, 0.5) is 0 Å². The summed E-state index contributed by atoms with van der Waals surface area (Å²) in [7, 11) is -2.39. The number of methoxy groups -OCH3 is 1. The second-order valence-electron chi connectivity index (χ2n) is 6.21. The number of hydrogen-bond acceptors (Lipinski definition) is 8. The van der Waals surface area contributed by atoms with Gasteiger partial charge in [0.15, 0.2) is 0 Å². The quantitative estimate of drug-likeness (QED) is 0.594. The van der Waals surface area contributed by atoms with Crippen LogP contribution in [0.3, 0.4) is 0 Å². The first kappa shape index (κ1) is 18.3. The molecule has 28 heavy (non-hydrogen) atoms. The average molecular weight is 400 g/mol. The second kappa shape index (κ2) is 7.13. The Balaban J connectivity index is 1.44. The number of aromatic nitrogens is 3. The molecule has 1 fully saturated rings. The molecule has 1 saturated heterocycles. The van der Waals surface area contributed by atoms with E-state index < -0.39 is 16.0 Å². The maximum absolute atomic E-state index is 12.7. The highest BCUT2D eigenvalue weighted by molar-refractivity contribution is 7.89. The van der Waals surface area contributed by atoms with E-state index in [2.05, 4.69) is 19.9 Å². The lowest BCUT2D eigenvalue weighted by Crippen LogP contribution is -2.48. The fourth-order valence-corrected chi connectivity index (χ4v) is 4.35. The third kappa shape index (κ3) is 3.27. The van der Waals surface area contributed by atoms with Gasteiger partial charge in [-0.1, -0.05) is 11.2 Å². The zero-order chi connectivity index (χ0) is 19.7. The van der Waals surface area contributed by atoms with Crippen LogP contribution in [0.25, 0.3) is 11.5 Å². The number of carbonyl (C=O) groups is 1. The van der Waals surface area contributed by atoms with E-state index in [1.807, 2.05) is 6.07 Å². The first-order valence-corrected chi connectivity index (χ1v) is 9.86. The molecule has 1 aliphatic rings. The van der Waals surface area contributed by atoms with E-state index in [-0.39, 0.29) is 29.5 Å². The number of ether oxygens (including phenoxy) is 1. The van der Waals surface area contributed by atoms with E-state index in [9.17, 15) is 13.2 Å². The standard InChI is InChI=1S/C18H16N4O5S/c1-26-18(23)12-5-7-14(8-6-12)28(24,25)22-10-13(11-22)17-20-16(21-27-17)15-4-2-3-9-19-15/h2-9,13H,10-11H2,1H3. The number of nitrogens with zero attached hydrogens (tertiary/aromatic N) is 4. The highest BCUT2D eigenvalue weighted by Gasteiger charge is 2.40. The summed E-state index contributed by atoms with van der Waals surface area (Å²) in [4.78, 5) is 20.1. The maximum Gasteiger partial charge on any atom is 0.337 e. The molecule has 0 aliphatic carbocycles. The average Bonchev–Trinajstić information content (AvgIpc) is 3.16. The predicted molar refractivity (Wildman–Crippen MR) is 96.8 cm³/mol. The van der Waals surface area contributed by atoms with E-state index in [0.29, 0.717) is 17.4 Å². The molecule has 10 heteroatoms. The Morgan fingerprint density at radius 3 is 2.57 bits per heavy atom. The molecule has 4 rings (SSSR count). The van der Waals surface area contributed by atoms with Crippen molar-refractivity contribution in [1.82, 2.24) is 19.4 Å². The molecule has 0 spiro atoms. The Hall–Kier alpha value is -3.11. The monoisotopic (exact) mass is 400 g/mol. The van der Waals surface area contributed by atoms with Gasteiger partial charge in [0, 0.05) is 19.3 Å². The SMILES string of the molecule is COC(=O)c1ccc(S(=O)(=O)N2CC(c3nc(-c4ccccn4)no3)C2)cc1. The minimum absolute atomic E-state index is 0.110. The van der Waals surface area contributed by atoms with E-state index >= 15 is 0 Å². The van der Waals surface area contributed by atoms with Gasteiger partial charge in [-0.05, 0) is 36.4 Å². The Morgan fingerprint density at radius 2 is 1.93 bits per heavy atom. The Bertz CT molecular complexity index is 1090. The first-order chi connectivity index (χ1) is 13.5. The Kier molecular flexibility index (Phi) is 4.65. The minimum Gasteiger partial charge on any atom is -0.465 e. The summed E-state index contributed by atoms with van der Waals surface area (Å²) in [6, 6.07) is 11.0. The van der Waals surface area contributed by atoms with E-state index in [4.69, 9.17) is 4.52 Å². The summed E-state index contributed by atoms with van der Waals surface area (Å²) in [5.41, 5.74) is 0.878. The van der Waals surface area contributed by atoms with Crippen molar-refractivity contribution in [1.29, 1.82) is 0 Å². The molecule has 1 aliphatic heterocycles. The largest absolute Gasteiger partial charge is 0.465 e. The van der Waals surface area contributed by atoms with Crippen LogP contribution < -0.4 is 0 Å². The number of hydrogen-bond donors (Lipinski definition) is 0. The zero-order valence-electron chi connectivity index (χ0n) is 14.8. The molecule has 9 nitrogen and oxygen atoms in total. The fraction of sp³-hybridized carbons (Fsp3) is 0.222. The number of benzene rings is 1. The number of rotatable bonds is 5. The van der Waals surface area contributed by atoms with E-state index in [0.717, 1.165) is 0 Å². The van der Waals surface area contributed by atoms with Crippen molar-refractivity contribution in [3.63, 3.8) is 0 Å². The molecular weight excluding hydrogens is 384 g/mol. The fourth-order valence-electron chi connectivity index (χ4n) is 2.82. The molecule has 0 N–H and O–H groups in total. The van der Waals surface area contributed by atoms with Crippen LogP contribution in [0, 0.1) is 0 Å². The van der Waals surface area contributed by atoms with Crippen LogP contribution in [0.5, 0.6) is 0 Å². The molecule has 144 valence electrons. The Labute approximate surface area is 161 Å². The summed E-state index contributed by atoms with van der Waals surface area (Å²) in [6.45, 7) is 0.482. The third-order valence-electron chi connectivity index (χ3n) is 4.45. The summed E-state index contributed by atoms with van der Waals surface area (Å²) in [5, 5.41) is 3.91. The van der Waals surface area contributed by atoms with Crippen LogP contribution in [0.2, 0.25) is 0 Å². The molecule has 0 atom stereocenters. The van der Waals surface area contributed by atoms with Crippen LogP contribution >= 0.6 is 0 Å². The molecule has 0 amide bonds. The number of pyridine rings is 1. The summed E-state index contributed by atoms with van der Waals surface area (Å²) < 4.78 is 36.6. The molecule has 0 bridgehead atoms. The normalized spacial score (nSPS) is 15.2. The topological polar surface area (TPSA) is 115 Å². The van der Waals surface area contributed by atoms with Crippen LogP contribution in [0.1, 0.15) is 22.2 Å². The van der Waals surface area contributed by atoms with Crippen LogP contribution in [-0.2, 0) is 14.8 Å². The number of carbonyl (C=O) groups excluding carboxylic acids is 1. The molecule has 0 unspecified atom stereocenters. The van der Waals surface area contributed by atoms with Gasteiger partial charge < -0.3 is 9.26 Å². The van der Waals surface area contributed by atoms with Crippen molar-refractivity contribution >= 4 is 16.0 Å². The van der Waals surface area contributed by atoms with Gasteiger partial charge in [-0.3, -0.25) is 4.98 Å². The van der Waals surface area contributed by atoms with Gasteiger partial charge >= 0.3 is 5.97 Å². The lowest BCUT2D eigenvalue weighted by Gasteiger charge is -2.35. The van der Waals surface area contributed by atoms with E-state index in [1.54, 1.807) is 18.3 Å². The van der Waals surface area contributed by atoms with Crippen LogP contribution in [-0.4, -0.2) is 54.0 Å². The van der Waals surface area contributed by atoms with Gasteiger partial charge in [0.25, 0.3) is 0 Å². The molecule has 3 aromatic rings. The molecule has 0 radical (unpaired) electrons. The highest BCUT2D eigenvalue weighted by atomic mass is 32.2. The molecule has 0 saturated carbocycles. The molecule has 3 heterocycles. The molecule has 2 aromatic heterocycles. The first-order valence-electron chi connectivity index (χ1n) is 8.42. The number of sulfonamides is 1. The van der Waals surface area contributed by atoms with Crippen molar-refractivity contribution in [3.05, 3.63) is 60.1 Å². The predicted octanol–water partition coefficient (Wildman–Crippen LogP) is 1.71. The van der Waals surface area contributed by atoms with Gasteiger partial charge in [0.1, 0.15) is 5.69 Å². The minimum atomic E-state index is -3.66. The smallest absolute Gasteiger partial charge is 0.337 e. The van der Waals surface area contributed by atoms with Gasteiger partial charge in [0.05, 0.1) is 23.5 Å². The lowest BCUT2D eigenvalue weighted by molar-refractivity contribution is 0.0600. The van der Waals surface area contributed by atoms with Gasteiger partial charge in [0.2, 0.25) is 21.7 Å². The van der Waals surface area contributed by atoms with Gasteiger partial charge in [-0.15, -0.1) is 0 Å².